The topological polar surface area (TPSA) is 67.6 Å². The number of rotatable bonds is 4. The molecule has 0 aliphatic carbocycles. The van der Waals surface area contributed by atoms with Crippen molar-refractivity contribution < 1.29 is 19.0 Å². The number of benzene rings is 1. The average Bonchev–Trinajstić information content (AvgIpc) is 3.12. The van der Waals surface area contributed by atoms with Crippen LogP contribution in [0, 0.1) is 5.82 Å². The molecule has 1 aromatic carbocycles. The fraction of sp³-hybridized carbons (Fsp3) is 0.524. The van der Waals surface area contributed by atoms with E-state index < -0.39 is 5.60 Å². The number of amides is 1. The Morgan fingerprint density at radius 2 is 2.00 bits per heavy atom. The molecular weight excluding hydrogens is 361 g/mol. The summed E-state index contributed by atoms with van der Waals surface area (Å²) in [6.45, 7) is 6.76. The molecule has 152 valence electrons. The summed E-state index contributed by atoms with van der Waals surface area (Å²) < 4.78 is 21.5. The Kier molecular flexibility index (Phi) is 6.03. The molecule has 0 unspecified atom stereocenters. The number of nitrogens with zero attached hydrogens (tertiary/aromatic N) is 3. The van der Waals surface area contributed by atoms with Gasteiger partial charge in [-0.2, -0.15) is 5.10 Å². The Balaban J connectivity index is 1.62. The van der Waals surface area contributed by atoms with Gasteiger partial charge in [0.2, 0.25) is 0 Å². The second kappa shape index (κ2) is 8.31. The van der Waals surface area contributed by atoms with Gasteiger partial charge in [0.1, 0.15) is 11.4 Å². The van der Waals surface area contributed by atoms with Gasteiger partial charge in [-0.1, -0.05) is 12.1 Å². The fourth-order valence-corrected chi connectivity index (χ4v) is 3.38. The van der Waals surface area contributed by atoms with E-state index in [0.29, 0.717) is 25.1 Å². The molecule has 2 aromatic rings. The molecule has 0 atom stereocenters. The number of aliphatic hydroxyl groups is 1. The lowest BCUT2D eigenvalue weighted by molar-refractivity contribution is 0.0185. The van der Waals surface area contributed by atoms with Gasteiger partial charge in [-0.15, -0.1) is 0 Å². The predicted molar refractivity (Wildman–Crippen MR) is 104 cm³/mol. The number of piperidine rings is 1. The number of carbonyl (C=O) groups is 1. The Morgan fingerprint density at radius 1 is 1.29 bits per heavy atom. The summed E-state index contributed by atoms with van der Waals surface area (Å²) in [5.41, 5.74) is 1.63. The largest absolute Gasteiger partial charge is 0.444 e. The highest BCUT2D eigenvalue weighted by Gasteiger charge is 2.27. The van der Waals surface area contributed by atoms with Gasteiger partial charge in [0, 0.05) is 31.5 Å². The third-order valence-corrected chi connectivity index (χ3v) is 4.86. The first kappa shape index (κ1) is 20.3. The average molecular weight is 389 g/mol. The minimum atomic E-state index is -0.493. The van der Waals surface area contributed by atoms with Gasteiger partial charge in [-0.05, 0) is 57.2 Å². The standard InChI is InChI=1S/C21H28FN3O3/c1-21(2,3)28-20(27)24-9-6-18(7-10-24)25-14-17(13-23-25)16-5-4-15(8-11-26)19(22)12-16/h4-5,12-14,18,26H,6-11H2,1-3H3. The van der Waals surface area contributed by atoms with Gasteiger partial charge in [-0.3, -0.25) is 4.68 Å². The lowest BCUT2D eigenvalue weighted by Crippen LogP contribution is -2.42. The molecule has 1 fully saturated rings. The smallest absolute Gasteiger partial charge is 0.410 e. The van der Waals surface area contributed by atoms with Crippen molar-refractivity contribution in [3.63, 3.8) is 0 Å². The van der Waals surface area contributed by atoms with Crippen LogP contribution in [-0.4, -0.2) is 51.2 Å². The molecule has 1 amide bonds. The summed E-state index contributed by atoms with van der Waals surface area (Å²) in [6, 6.07) is 5.24. The zero-order valence-corrected chi connectivity index (χ0v) is 16.7. The second-order valence-electron chi connectivity index (χ2n) is 8.19. The third kappa shape index (κ3) is 4.90. The number of carbonyl (C=O) groups excluding carboxylic acids is 1. The van der Waals surface area contributed by atoms with E-state index in [1.165, 1.54) is 6.07 Å². The molecule has 1 saturated heterocycles. The first-order valence-electron chi connectivity index (χ1n) is 9.68. The summed E-state index contributed by atoms with van der Waals surface area (Å²) in [7, 11) is 0. The molecule has 1 aliphatic rings. The van der Waals surface area contributed by atoms with E-state index in [9.17, 15) is 9.18 Å². The highest BCUT2D eigenvalue weighted by atomic mass is 19.1. The Labute approximate surface area is 164 Å². The molecule has 0 spiro atoms. The number of ether oxygens (including phenoxy) is 1. The summed E-state index contributed by atoms with van der Waals surface area (Å²) in [5, 5.41) is 13.4. The highest BCUT2D eigenvalue weighted by molar-refractivity contribution is 5.68. The maximum Gasteiger partial charge on any atom is 0.410 e. The lowest BCUT2D eigenvalue weighted by Gasteiger charge is -2.33. The third-order valence-electron chi connectivity index (χ3n) is 4.86. The van der Waals surface area contributed by atoms with Crippen LogP contribution in [0.2, 0.25) is 0 Å². The molecule has 28 heavy (non-hydrogen) atoms. The number of likely N-dealkylation sites (tertiary alicyclic amines) is 1. The number of aromatic nitrogens is 2. The van der Waals surface area contributed by atoms with Crippen LogP contribution < -0.4 is 0 Å². The molecule has 7 heteroatoms. The van der Waals surface area contributed by atoms with Crippen LogP contribution in [0.15, 0.2) is 30.6 Å². The van der Waals surface area contributed by atoms with Crippen molar-refractivity contribution in [2.75, 3.05) is 19.7 Å². The van der Waals surface area contributed by atoms with Crippen LogP contribution in [0.1, 0.15) is 45.2 Å². The van der Waals surface area contributed by atoms with Crippen LogP contribution in [0.4, 0.5) is 9.18 Å². The van der Waals surface area contributed by atoms with Crippen molar-refractivity contribution in [3.8, 4) is 11.1 Å². The van der Waals surface area contributed by atoms with Crippen molar-refractivity contribution in [2.24, 2.45) is 0 Å². The first-order chi connectivity index (χ1) is 13.3. The van der Waals surface area contributed by atoms with Crippen LogP contribution in [0.25, 0.3) is 11.1 Å². The zero-order valence-electron chi connectivity index (χ0n) is 16.7. The van der Waals surface area contributed by atoms with Crippen LogP contribution in [-0.2, 0) is 11.2 Å². The van der Waals surface area contributed by atoms with E-state index >= 15 is 0 Å². The predicted octanol–water partition coefficient (Wildman–Crippen LogP) is 3.80. The van der Waals surface area contributed by atoms with E-state index in [4.69, 9.17) is 9.84 Å². The molecular formula is C21H28FN3O3. The normalized spacial score (nSPS) is 15.7. The maximum absolute atomic E-state index is 14.1. The van der Waals surface area contributed by atoms with Gasteiger partial charge in [0.05, 0.1) is 12.2 Å². The van der Waals surface area contributed by atoms with E-state index in [-0.39, 0.29) is 24.6 Å². The van der Waals surface area contributed by atoms with Crippen LogP contribution >= 0.6 is 0 Å². The fourth-order valence-electron chi connectivity index (χ4n) is 3.38. The van der Waals surface area contributed by atoms with Gasteiger partial charge in [-0.25, -0.2) is 9.18 Å². The molecule has 6 nitrogen and oxygen atoms in total. The minimum absolute atomic E-state index is 0.0732. The Morgan fingerprint density at radius 3 is 2.61 bits per heavy atom. The van der Waals surface area contributed by atoms with Crippen molar-refractivity contribution in [2.45, 2.75) is 51.7 Å². The van der Waals surface area contributed by atoms with E-state index in [2.05, 4.69) is 5.10 Å². The number of aliphatic hydroxyl groups excluding tert-OH is 1. The lowest BCUT2D eigenvalue weighted by atomic mass is 10.0. The Hall–Kier alpha value is -2.41. The van der Waals surface area contributed by atoms with Crippen molar-refractivity contribution in [3.05, 3.63) is 42.0 Å². The zero-order chi connectivity index (χ0) is 20.3. The molecule has 1 aromatic heterocycles. The summed E-state index contributed by atoms with van der Waals surface area (Å²) in [6.07, 6.45) is 5.29. The van der Waals surface area contributed by atoms with Crippen LogP contribution in [0.3, 0.4) is 0 Å². The molecule has 0 radical (unpaired) electrons. The molecule has 1 aliphatic heterocycles. The van der Waals surface area contributed by atoms with Gasteiger partial charge >= 0.3 is 6.09 Å². The first-order valence-corrected chi connectivity index (χ1v) is 9.68. The van der Waals surface area contributed by atoms with E-state index in [0.717, 1.165) is 24.0 Å². The number of hydrogen-bond acceptors (Lipinski definition) is 4. The molecule has 3 rings (SSSR count). The summed E-state index contributed by atoms with van der Waals surface area (Å²) in [5.74, 6) is -0.315. The maximum atomic E-state index is 14.1. The second-order valence-corrected chi connectivity index (χ2v) is 8.19. The molecule has 2 heterocycles. The van der Waals surface area contributed by atoms with Gasteiger partial charge in [0.15, 0.2) is 0 Å². The SMILES string of the molecule is CC(C)(C)OC(=O)N1CCC(n2cc(-c3ccc(CCO)c(F)c3)cn2)CC1. The number of halogens is 1. The van der Waals surface area contributed by atoms with E-state index in [1.54, 1.807) is 17.2 Å². The number of hydrogen-bond donors (Lipinski definition) is 1. The molecule has 1 N–H and O–H groups in total. The van der Waals surface area contributed by atoms with Crippen molar-refractivity contribution in [1.82, 2.24) is 14.7 Å². The highest BCUT2D eigenvalue weighted by Crippen LogP contribution is 2.27. The van der Waals surface area contributed by atoms with Crippen molar-refractivity contribution >= 4 is 6.09 Å². The molecule has 0 saturated carbocycles. The van der Waals surface area contributed by atoms with Crippen molar-refractivity contribution in [1.29, 1.82) is 0 Å². The van der Waals surface area contributed by atoms with Gasteiger partial charge < -0.3 is 14.7 Å². The van der Waals surface area contributed by atoms with Gasteiger partial charge in [0.25, 0.3) is 0 Å². The van der Waals surface area contributed by atoms with E-state index in [1.807, 2.05) is 37.7 Å². The van der Waals surface area contributed by atoms with Crippen LogP contribution in [0.5, 0.6) is 0 Å². The molecule has 0 bridgehead atoms. The summed E-state index contributed by atoms with van der Waals surface area (Å²) >= 11 is 0. The Bertz CT molecular complexity index is 821. The minimum Gasteiger partial charge on any atom is -0.444 e. The quantitative estimate of drug-likeness (QED) is 0.864. The monoisotopic (exact) mass is 389 g/mol. The summed E-state index contributed by atoms with van der Waals surface area (Å²) in [4.78, 5) is 13.9.